The average Bonchev–Trinajstić information content (AvgIpc) is 3.22. The van der Waals surface area contributed by atoms with E-state index in [4.69, 9.17) is 5.11 Å². The van der Waals surface area contributed by atoms with Gasteiger partial charge < -0.3 is 10.0 Å². The highest BCUT2D eigenvalue weighted by Crippen LogP contribution is 2.36. The molecule has 2 aromatic heterocycles. The van der Waals surface area contributed by atoms with E-state index in [0.29, 0.717) is 24.4 Å². The number of carboxylic acids is 1. The molecule has 0 radical (unpaired) electrons. The van der Waals surface area contributed by atoms with Crippen molar-refractivity contribution >= 4 is 17.4 Å². The van der Waals surface area contributed by atoms with Crippen molar-refractivity contribution in [3.8, 4) is 0 Å². The van der Waals surface area contributed by atoms with Gasteiger partial charge in [-0.2, -0.15) is 4.52 Å². The van der Waals surface area contributed by atoms with Gasteiger partial charge in [0.1, 0.15) is 17.5 Å². The molecule has 1 aliphatic heterocycles. The summed E-state index contributed by atoms with van der Waals surface area (Å²) < 4.78 is 28.9. The molecule has 0 bridgehead atoms. The molecule has 9 heteroatoms. The Morgan fingerprint density at radius 2 is 2.04 bits per heavy atom. The second kappa shape index (κ2) is 5.76. The van der Waals surface area contributed by atoms with E-state index in [-0.39, 0.29) is 17.4 Å². The number of hydrogen-bond donors (Lipinski definition) is 1. The van der Waals surface area contributed by atoms with Gasteiger partial charge in [-0.3, -0.25) is 0 Å². The molecule has 1 N–H and O–H groups in total. The number of benzene rings is 1. The molecule has 1 saturated heterocycles. The van der Waals surface area contributed by atoms with Crippen molar-refractivity contribution in [2.75, 3.05) is 11.4 Å². The van der Waals surface area contributed by atoms with Crippen molar-refractivity contribution in [1.29, 1.82) is 0 Å². The number of nitrogens with zero attached hydrogens (tertiary/aromatic N) is 5. The second-order valence-electron chi connectivity index (χ2n) is 5.81. The number of carboxylic acid groups (broad SMARTS) is 1. The minimum atomic E-state index is -1.24. The van der Waals surface area contributed by atoms with Crippen molar-refractivity contribution in [2.45, 2.75) is 18.9 Å². The fourth-order valence-electron chi connectivity index (χ4n) is 3.20. The fourth-order valence-corrected chi connectivity index (χ4v) is 3.20. The molecular weight excluding hydrogens is 332 g/mol. The van der Waals surface area contributed by atoms with Crippen molar-refractivity contribution < 1.29 is 18.7 Å². The first kappa shape index (κ1) is 15.4. The topological polar surface area (TPSA) is 83.6 Å². The monoisotopic (exact) mass is 345 g/mol. The summed E-state index contributed by atoms with van der Waals surface area (Å²) in [4.78, 5) is 13.0. The quantitative estimate of drug-likeness (QED) is 0.785. The molecule has 7 nitrogen and oxygen atoms in total. The third-order valence-corrected chi connectivity index (χ3v) is 4.30. The van der Waals surface area contributed by atoms with E-state index >= 15 is 0 Å². The normalized spacial score (nSPS) is 17.4. The zero-order chi connectivity index (χ0) is 17.6. The van der Waals surface area contributed by atoms with Crippen LogP contribution >= 0.6 is 0 Å². The summed E-state index contributed by atoms with van der Waals surface area (Å²) in [5.74, 6) is -2.06. The van der Waals surface area contributed by atoms with Gasteiger partial charge in [-0.25, -0.2) is 13.6 Å². The summed E-state index contributed by atoms with van der Waals surface area (Å²) in [5.41, 5.74) is 0.565. The lowest BCUT2D eigenvalue weighted by Gasteiger charge is -2.26. The lowest BCUT2D eigenvalue weighted by molar-refractivity contribution is 0.0680. The van der Waals surface area contributed by atoms with Crippen LogP contribution in [0.3, 0.4) is 0 Å². The zero-order valence-electron chi connectivity index (χ0n) is 12.9. The molecule has 0 spiro atoms. The zero-order valence-corrected chi connectivity index (χ0v) is 12.9. The Hall–Kier alpha value is -3.10. The molecule has 25 heavy (non-hydrogen) atoms. The predicted octanol–water partition coefficient (Wildman–Crippen LogP) is 2.44. The van der Waals surface area contributed by atoms with Crippen LogP contribution in [0.5, 0.6) is 0 Å². The number of aromatic carboxylic acids is 1. The maximum atomic E-state index is 14.2. The summed E-state index contributed by atoms with van der Waals surface area (Å²) >= 11 is 0. The maximum absolute atomic E-state index is 14.2. The van der Waals surface area contributed by atoms with Crippen LogP contribution in [-0.2, 0) is 0 Å². The first-order valence-electron chi connectivity index (χ1n) is 7.72. The van der Waals surface area contributed by atoms with Crippen LogP contribution in [0.15, 0.2) is 30.3 Å². The number of carbonyl (C=O) groups is 1. The van der Waals surface area contributed by atoms with Gasteiger partial charge >= 0.3 is 5.97 Å². The first-order chi connectivity index (χ1) is 12.0. The van der Waals surface area contributed by atoms with Crippen LogP contribution in [-0.4, -0.2) is 37.4 Å². The number of rotatable bonds is 3. The van der Waals surface area contributed by atoms with E-state index in [9.17, 15) is 13.6 Å². The number of aromatic nitrogens is 4. The van der Waals surface area contributed by atoms with E-state index in [1.54, 1.807) is 12.1 Å². The molecule has 1 fully saturated rings. The van der Waals surface area contributed by atoms with Crippen molar-refractivity contribution in [2.24, 2.45) is 0 Å². The van der Waals surface area contributed by atoms with Crippen molar-refractivity contribution in [1.82, 2.24) is 19.8 Å². The Bertz CT molecular complexity index is 974. The summed E-state index contributed by atoms with van der Waals surface area (Å²) in [6.07, 6.45) is 1.43. The summed E-state index contributed by atoms with van der Waals surface area (Å²) in [7, 11) is 0. The minimum absolute atomic E-state index is 0.265. The van der Waals surface area contributed by atoms with Gasteiger partial charge in [-0.1, -0.05) is 0 Å². The van der Waals surface area contributed by atoms with Crippen molar-refractivity contribution in [3.05, 3.63) is 53.4 Å². The predicted molar refractivity (Wildman–Crippen MR) is 83.4 cm³/mol. The Kier molecular flexibility index (Phi) is 3.56. The number of fused-ring (bicyclic) bond motifs is 1. The van der Waals surface area contributed by atoms with Gasteiger partial charge in [-0.05, 0) is 43.2 Å². The Balaban J connectivity index is 1.77. The van der Waals surface area contributed by atoms with Gasteiger partial charge in [0.05, 0.1) is 6.04 Å². The molecule has 1 aliphatic rings. The van der Waals surface area contributed by atoms with Crippen LogP contribution in [0.2, 0.25) is 0 Å². The molecule has 0 aliphatic carbocycles. The molecular formula is C16H13F2N5O2. The SMILES string of the molecule is O=C(O)c1nnc2ccc(N3CCC[C@@H]3c3cc(F)ccc3F)nn12. The van der Waals surface area contributed by atoms with Crippen molar-refractivity contribution in [3.63, 3.8) is 0 Å². The van der Waals surface area contributed by atoms with Crippen LogP contribution in [0.4, 0.5) is 14.6 Å². The van der Waals surface area contributed by atoms with E-state index in [0.717, 1.165) is 23.1 Å². The molecule has 1 aromatic carbocycles. The third-order valence-electron chi connectivity index (χ3n) is 4.30. The van der Waals surface area contributed by atoms with Crippen LogP contribution in [0, 0.1) is 11.6 Å². The summed E-state index contributed by atoms with van der Waals surface area (Å²) in [6, 6.07) is 6.28. The molecule has 0 saturated carbocycles. The maximum Gasteiger partial charge on any atom is 0.375 e. The number of halogens is 2. The molecule has 3 heterocycles. The highest BCUT2D eigenvalue weighted by atomic mass is 19.1. The molecule has 1 atom stereocenters. The van der Waals surface area contributed by atoms with E-state index in [1.165, 1.54) is 6.07 Å². The second-order valence-corrected chi connectivity index (χ2v) is 5.81. The van der Waals surface area contributed by atoms with Gasteiger partial charge in [0.25, 0.3) is 5.82 Å². The molecule has 3 aromatic rings. The van der Waals surface area contributed by atoms with Crippen LogP contribution in [0.1, 0.15) is 35.1 Å². The Morgan fingerprint density at radius 1 is 1.20 bits per heavy atom. The standard InChI is InChI=1S/C16H13F2N5O2/c17-9-3-4-11(18)10(8-9)12-2-1-7-22(12)14-6-5-13-19-20-15(16(24)25)23(13)21-14/h3-6,8,12H,1-2,7H2,(H,24,25)/t12-/m1/s1. The molecule has 0 amide bonds. The van der Waals surface area contributed by atoms with E-state index < -0.39 is 17.6 Å². The van der Waals surface area contributed by atoms with E-state index in [1.807, 2.05) is 4.90 Å². The lowest BCUT2D eigenvalue weighted by atomic mass is 10.0. The minimum Gasteiger partial charge on any atom is -0.475 e. The summed E-state index contributed by atoms with van der Waals surface area (Å²) in [6.45, 7) is 0.601. The first-order valence-corrected chi connectivity index (χ1v) is 7.72. The molecule has 0 unspecified atom stereocenters. The highest BCUT2D eigenvalue weighted by molar-refractivity contribution is 5.84. The largest absolute Gasteiger partial charge is 0.475 e. The van der Waals surface area contributed by atoms with E-state index in [2.05, 4.69) is 15.3 Å². The molecule has 128 valence electrons. The number of anilines is 1. The van der Waals surface area contributed by atoms with Crippen LogP contribution in [0.25, 0.3) is 5.65 Å². The Morgan fingerprint density at radius 3 is 2.84 bits per heavy atom. The lowest BCUT2D eigenvalue weighted by Crippen LogP contribution is -2.25. The smallest absolute Gasteiger partial charge is 0.375 e. The third kappa shape index (κ3) is 2.57. The Labute approximate surface area is 140 Å². The summed E-state index contributed by atoms with van der Waals surface area (Å²) in [5, 5.41) is 20.8. The average molecular weight is 345 g/mol. The van der Waals surface area contributed by atoms with Crippen LogP contribution < -0.4 is 4.90 Å². The van der Waals surface area contributed by atoms with Gasteiger partial charge in [-0.15, -0.1) is 15.3 Å². The number of hydrogen-bond acceptors (Lipinski definition) is 5. The molecule has 4 rings (SSSR count). The van der Waals surface area contributed by atoms with Gasteiger partial charge in [0, 0.05) is 12.1 Å². The fraction of sp³-hybridized carbons (Fsp3) is 0.250. The highest BCUT2D eigenvalue weighted by Gasteiger charge is 2.30. The van der Waals surface area contributed by atoms with Gasteiger partial charge in [0.2, 0.25) is 0 Å². The van der Waals surface area contributed by atoms with Gasteiger partial charge in [0.15, 0.2) is 5.65 Å².